The molecule has 5 heteroatoms. The van der Waals surface area contributed by atoms with Gasteiger partial charge in [0.25, 0.3) is 0 Å². The van der Waals surface area contributed by atoms with E-state index in [2.05, 4.69) is 10.2 Å². The van der Waals surface area contributed by atoms with Crippen molar-refractivity contribution in [3.63, 3.8) is 0 Å². The van der Waals surface area contributed by atoms with Gasteiger partial charge in [0.05, 0.1) is 23.0 Å². The van der Waals surface area contributed by atoms with E-state index < -0.39 is 0 Å². The van der Waals surface area contributed by atoms with E-state index in [0.717, 1.165) is 0 Å². The highest BCUT2D eigenvalue weighted by Crippen LogP contribution is 2.32. The number of H-pyrrole nitrogens is 1. The number of ether oxygens (including phenoxy) is 1. The third-order valence-corrected chi connectivity index (χ3v) is 2.36. The average molecular weight is 211 g/mol. The Kier molecular flexibility index (Phi) is 2.13. The molecule has 0 saturated heterocycles. The molecule has 0 atom stereocenters. The number of fused-ring (bicyclic) bond motifs is 1. The minimum absolute atomic E-state index is 0.365. The maximum absolute atomic E-state index is 10.7. The van der Waals surface area contributed by atoms with Crippen LogP contribution in [0.1, 0.15) is 10.5 Å². The fraction of sp³-hybridized carbons (Fsp3) is 0.111. The van der Waals surface area contributed by atoms with Crippen LogP contribution in [0.4, 0.5) is 0 Å². The summed E-state index contributed by atoms with van der Waals surface area (Å²) in [6.07, 6.45) is 0.681. The van der Waals surface area contributed by atoms with Gasteiger partial charge in [0.2, 0.25) is 0 Å². The summed E-state index contributed by atoms with van der Waals surface area (Å²) in [6.45, 7) is 0. The number of halogens is 1. The number of carbonyl (C=O) groups is 1. The van der Waals surface area contributed by atoms with Crippen LogP contribution in [0, 0.1) is 0 Å². The molecule has 1 heterocycles. The summed E-state index contributed by atoms with van der Waals surface area (Å²) in [4.78, 5) is 10.7. The van der Waals surface area contributed by atoms with Gasteiger partial charge in [-0.3, -0.25) is 9.89 Å². The van der Waals surface area contributed by atoms with Crippen LogP contribution in [0.15, 0.2) is 12.1 Å². The van der Waals surface area contributed by atoms with Gasteiger partial charge in [-0.25, -0.2) is 0 Å². The second-order valence-electron chi connectivity index (χ2n) is 2.73. The van der Waals surface area contributed by atoms with Gasteiger partial charge in [0.1, 0.15) is 11.4 Å². The van der Waals surface area contributed by atoms with Crippen LogP contribution in [0.3, 0.4) is 0 Å². The molecule has 0 bridgehead atoms. The Labute approximate surface area is 84.8 Å². The Bertz CT molecular complexity index is 493. The second kappa shape index (κ2) is 3.31. The average Bonchev–Trinajstić information content (AvgIpc) is 2.62. The summed E-state index contributed by atoms with van der Waals surface area (Å²) < 4.78 is 5.03. The van der Waals surface area contributed by atoms with Crippen molar-refractivity contribution in [3.05, 3.63) is 22.8 Å². The lowest BCUT2D eigenvalue weighted by molar-refractivity contribution is 0.112. The van der Waals surface area contributed by atoms with Gasteiger partial charge in [-0.05, 0) is 12.1 Å². The predicted octanol–water partition coefficient (Wildman–Crippen LogP) is 2.04. The third kappa shape index (κ3) is 1.15. The van der Waals surface area contributed by atoms with Gasteiger partial charge in [0, 0.05) is 0 Å². The van der Waals surface area contributed by atoms with Crippen LogP contribution >= 0.6 is 11.6 Å². The molecule has 0 aliphatic heterocycles. The predicted molar refractivity (Wildman–Crippen MR) is 53.0 cm³/mol. The van der Waals surface area contributed by atoms with Crippen molar-refractivity contribution < 1.29 is 9.53 Å². The molecule has 0 aliphatic carbocycles. The number of aromatic amines is 1. The van der Waals surface area contributed by atoms with Crippen molar-refractivity contribution >= 4 is 28.8 Å². The van der Waals surface area contributed by atoms with Gasteiger partial charge in [0.15, 0.2) is 6.29 Å². The first kappa shape index (κ1) is 9.02. The molecular formula is C9H7ClN2O2. The highest BCUT2D eigenvalue weighted by molar-refractivity contribution is 6.37. The molecule has 0 spiro atoms. The number of methoxy groups -OCH3 is 1. The van der Waals surface area contributed by atoms with E-state index in [1.165, 1.54) is 7.11 Å². The van der Waals surface area contributed by atoms with E-state index in [1.54, 1.807) is 12.1 Å². The smallest absolute Gasteiger partial charge is 0.168 e. The van der Waals surface area contributed by atoms with Gasteiger partial charge < -0.3 is 4.74 Å². The molecule has 0 fully saturated rings. The number of aromatic nitrogens is 2. The molecule has 0 aliphatic rings. The molecule has 1 aromatic heterocycles. The van der Waals surface area contributed by atoms with Crippen molar-refractivity contribution in [1.82, 2.24) is 10.2 Å². The molecule has 0 radical (unpaired) electrons. The molecular weight excluding hydrogens is 204 g/mol. The van der Waals surface area contributed by atoms with Crippen LogP contribution < -0.4 is 4.74 Å². The number of carbonyl (C=O) groups excluding carboxylic acids is 1. The zero-order valence-electron chi connectivity index (χ0n) is 7.37. The monoisotopic (exact) mass is 210 g/mol. The van der Waals surface area contributed by atoms with Crippen LogP contribution in [0.2, 0.25) is 5.02 Å². The van der Waals surface area contributed by atoms with Gasteiger partial charge in [-0.1, -0.05) is 11.6 Å². The lowest BCUT2D eigenvalue weighted by Crippen LogP contribution is -1.85. The molecule has 2 aromatic rings. The van der Waals surface area contributed by atoms with E-state index in [9.17, 15) is 4.79 Å². The molecule has 0 saturated carbocycles. The number of aldehydes is 1. The van der Waals surface area contributed by atoms with Crippen molar-refractivity contribution in [2.24, 2.45) is 0 Å². The first-order valence-electron chi connectivity index (χ1n) is 3.93. The summed E-state index contributed by atoms with van der Waals surface area (Å²) in [5.74, 6) is 0.531. The van der Waals surface area contributed by atoms with E-state index >= 15 is 0 Å². The number of hydrogen-bond donors (Lipinski definition) is 1. The van der Waals surface area contributed by atoms with Crippen molar-refractivity contribution in [1.29, 1.82) is 0 Å². The molecule has 1 N–H and O–H groups in total. The Morgan fingerprint density at radius 1 is 1.57 bits per heavy atom. The Hall–Kier alpha value is -1.55. The Morgan fingerprint density at radius 2 is 2.36 bits per heavy atom. The van der Waals surface area contributed by atoms with Crippen LogP contribution in [-0.2, 0) is 0 Å². The fourth-order valence-electron chi connectivity index (χ4n) is 1.32. The lowest BCUT2D eigenvalue weighted by Gasteiger charge is -2.02. The fourth-order valence-corrected chi connectivity index (χ4v) is 1.65. The van der Waals surface area contributed by atoms with Crippen molar-refractivity contribution in [3.8, 4) is 5.75 Å². The third-order valence-electron chi connectivity index (χ3n) is 1.99. The summed E-state index contributed by atoms with van der Waals surface area (Å²) in [5, 5.41) is 7.53. The second-order valence-corrected chi connectivity index (χ2v) is 3.11. The maximum atomic E-state index is 10.7. The first-order chi connectivity index (χ1) is 6.77. The zero-order valence-corrected chi connectivity index (χ0v) is 8.13. The van der Waals surface area contributed by atoms with Crippen LogP contribution in [0.25, 0.3) is 10.9 Å². The number of rotatable bonds is 2. The summed E-state index contributed by atoms with van der Waals surface area (Å²) >= 11 is 6.02. The minimum atomic E-state index is 0.365. The highest BCUT2D eigenvalue weighted by Gasteiger charge is 2.12. The van der Waals surface area contributed by atoms with Gasteiger partial charge >= 0.3 is 0 Å². The highest BCUT2D eigenvalue weighted by atomic mass is 35.5. The lowest BCUT2D eigenvalue weighted by atomic mass is 10.2. The summed E-state index contributed by atoms with van der Waals surface area (Å²) in [6, 6.07) is 3.45. The molecule has 1 aromatic carbocycles. The van der Waals surface area contributed by atoms with Crippen LogP contribution in [0.5, 0.6) is 5.75 Å². The summed E-state index contributed by atoms with van der Waals surface area (Å²) in [7, 11) is 1.52. The number of nitrogens with one attached hydrogen (secondary N) is 1. The Balaban J connectivity index is 2.83. The van der Waals surface area contributed by atoms with Crippen molar-refractivity contribution in [2.75, 3.05) is 7.11 Å². The first-order valence-corrected chi connectivity index (χ1v) is 4.31. The summed E-state index contributed by atoms with van der Waals surface area (Å²) in [5.41, 5.74) is 1.02. The molecule has 0 unspecified atom stereocenters. The molecule has 0 amide bonds. The number of nitrogens with zero attached hydrogens (tertiary/aromatic N) is 1. The minimum Gasteiger partial charge on any atom is -0.495 e. The topological polar surface area (TPSA) is 55.0 Å². The van der Waals surface area contributed by atoms with Gasteiger partial charge in [-0.2, -0.15) is 5.10 Å². The van der Waals surface area contributed by atoms with Crippen molar-refractivity contribution in [2.45, 2.75) is 0 Å². The Morgan fingerprint density at radius 3 is 3.00 bits per heavy atom. The number of hydrogen-bond acceptors (Lipinski definition) is 3. The molecule has 2 rings (SSSR count). The van der Waals surface area contributed by atoms with Crippen LogP contribution in [-0.4, -0.2) is 23.6 Å². The quantitative estimate of drug-likeness (QED) is 0.772. The van der Waals surface area contributed by atoms with E-state index in [0.29, 0.717) is 33.7 Å². The zero-order chi connectivity index (χ0) is 10.1. The standard InChI is InChI=1S/C9H7ClN2O2/c1-14-7-3-2-5-8(9(7)10)6(4-13)12-11-5/h2-4H,1H3,(H,11,12). The molecule has 14 heavy (non-hydrogen) atoms. The van der Waals surface area contributed by atoms with Gasteiger partial charge in [-0.15, -0.1) is 0 Å². The van der Waals surface area contributed by atoms with E-state index in [-0.39, 0.29) is 0 Å². The maximum Gasteiger partial charge on any atom is 0.168 e. The number of benzene rings is 1. The van der Waals surface area contributed by atoms with E-state index in [1.807, 2.05) is 0 Å². The molecule has 4 nitrogen and oxygen atoms in total. The normalized spacial score (nSPS) is 10.4. The SMILES string of the molecule is COc1ccc2n[nH]c(C=O)c2c1Cl. The molecule has 72 valence electrons. The van der Waals surface area contributed by atoms with E-state index in [4.69, 9.17) is 16.3 Å². The largest absolute Gasteiger partial charge is 0.495 e.